The number of hydrogen-bond donors (Lipinski definition) is 3. The zero-order chi connectivity index (χ0) is 18.0. The van der Waals surface area contributed by atoms with E-state index in [1.165, 1.54) is 13.0 Å². The van der Waals surface area contributed by atoms with Crippen molar-refractivity contribution in [1.82, 2.24) is 10.3 Å². The van der Waals surface area contributed by atoms with Crippen LogP contribution >= 0.6 is 11.6 Å². The van der Waals surface area contributed by atoms with Crippen LogP contribution in [0.4, 0.5) is 0 Å². The van der Waals surface area contributed by atoms with Gasteiger partial charge >= 0.3 is 0 Å². The van der Waals surface area contributed by atoms with Gasteiger partial charge in [-0.15, -0.1) is 0 Å². The molecule has 1 heterocycles. The number of allylic oxidation sites excluding steroid dienone is 2. The van der Waals surface area contributed by atoms with Gasteiger partial charge in [-0.05, 0) is 62.4 Å². The van der Waals surface area contributed by atoms with Gasteiger partial charge in [-0.1, -0.05) is 11.6 Å². The number of H-pyrrole nitrogens is 1. The second-order valence-corrected chi connectivity index (χ2v) is 7.08. The van der Waals surface area contributed by atoms with E-state index in [-0.39, 0.29) is 11.7 Å². The van der Waals surface area contributed by atoms with Gasteiger partial charge in [0.25, 0.3) is 0 Å². The lowest BCUT2D eigenvalue weighted by molar-refractivity contribution is -0.120. The molecule has 1 amide bonds. The molecule has 0 unspecified atom stereocenters. The van der Waals surface area contributed by atoms with Gasteiger partial charge in [0.2, 0.25) is 5.91 Å². The average molecular weight is 360 g/mol. The molecule has 132 valence electrons. The summed E-state index contributed by atoms with van der Waals surface area (Å²) in [6.07, 6.45) is 5.17. The number of carbonyl (C=O) groups is 2. The van der Waals surface area contributed by atoms with E-state index in [0.29, 0.717) is 36.0 Å². The van der Waals surface area contributed by atoms with Crippen LogP contribution in [0.25, 0.3) is 10.9 Å². The van der Waals surface area contributed by atoms with Gasteiger partial charge < -0.3 is 16.0 Å². The zero-order valence-corrected chi connectivity index (χ0v) is 15.0. The highest BCUT2D eigenvalue weighted by atomic mass is 35.5. The zero-order valence-electron chi connectivity index (χ0n) is 14.2. The van der Waals surface area contributed by atoms with E-state index in [1.807, 2.05) is 18.2 Å². The monoisotopic (exact) mass is 359 g/mol. The number of nitrogens with one attached hydrogen (secondary N) is 2. The molecule has 1 aromatic carbocycles. The number of ketones is 1. The first-order valence-electron chi connectivity index (χ1n) is 8.46. The first-order chi connectivity index (χ1) is 11.9. The molecule has 2 aromatic rings. The predicted octanol–water partition coefficient (Wildman–Crippen LogP) is 3.01. The second-order valence-electron chi connectivity index (χ2n) is 6.67. The summed E-state index contributed by atoms with van der Waals surface area (Å²) in [5.41, 5.74) is 9.16. The lowest BCUT2D eigenvalue weighted by atomic mass is 10.1. The third-order valence-electron chi connectivity index (χ3n) is 4.21. The Balaban J connectivity index is 1.71. The number of nitrogens with two attached hydrogens (primary N) is 1. The lowest BCUT2D eigenvalue weighted by Gasteiger charge is -2.05. The minimum atomic E-state index is -0.0578. The Morgan fingerprint density at radius 3 is 2.80 bits per heavy atom. The van der Waals surface area contributed by atoms with E-state index < -0.39 is 0 Å². The van der Waals surface area contributed by atoms with Crippen molar-refractivity contribution < 1.29 is 9.59 Å². The minimum absolute atomic E-state index is 0.0440. The molecular weight excluding hydrogens is 338 g/mol. The average Bonchev–Trinajstić information content (AvgIpc) is 3.23. The summed E-state index contributed by atoms with van der Waals surface area (Å²) >= 11 is 6.36. The van der Waals surface area contributed by atoms with Crippen LogP contribution in [0.5, 0.6) is 0 Å². The highest BCUT2D eigenvalue weighted by Crippen LogP contribution is 2.26. The maximum atomic E-state index is 11.9. The summed E-state index contributed by atoms with van der Waals surface area (Å²) in [7, 11) is 0. The molecular formula is C19H22ClN3O2. The molecule has 25 heavy (non-hydrogen) atoms. The van der Waals surface area contributed by atoms with E-state index in [1.54, 1.807) is 0 Å². The maximum Gasteiger partial charge on any atom is 0.226 e. The molecule has 1 aliphatic carbocycles. The number of halogens is 1. The van der Waals surface area contributed by atoms with Crippen LogP contribution in [-0.2, 0) is 22.4 Å². The van der Waals surface area contributed by atoms with Crippen molar-refractivity contribution in [3.63, 3.8) is 0 Å². The number of aryl methyl sites for hydroxylation is 1. The fourth-order valence-electron chi connectivity index (χ4n) is 2.84. The normalized spacial score (nSPS) is 14.7. The SMILES string of the molecule is CC(=O)C=C(N)CCc1cc2[nH]c(CC(=O)NC3CC3)cc2cc1Cl. The molecule has 5 nitrogen and oxygen atoms in total. The van der Waals surface area contributed by atoms with Gasteiger partial charge in [0.15, 0.2) is 5.78 Å². The lowest BCUT2D eigenvalue weighted by Crippen LogP contribution is -2.27. The van der Waals surface area contributed by atoms with Crippen LogP contribution in [-0.4, -0.2) is 22.7 Å². The number of rotatable bonds is 7. The Hall–Kier alpha value is -2.27. The number of aromatic amines is 1. The Morgan fingerprint density at radius 1 is 1.36 bits per heavy atom. The number of aromatic nitrogens is 1. The van der Waals surface area contributed by atoms with Crippen molar-refractivity contribution in [1.29, 1.82) is 0 Å². The van der Waals surface area contributed by atoms with Crippen LogP contribution in [0.2, 0.25) is 5.02 Å². The van der Waals surface area contributed by atoms with E-state index in [0.717, 1.165) is 35.0 Å². The van der Waals surface area contributed by atoms with Crippen molar-refractivity contribution in [2.45, 2.75) is 45.1 Å². The van der Waals surface area contributed by atoms with E-state index >= 15 is 0 Å². The first kappa shape index (κ1) is 17.5. The Labute approximate surface area is 151 Å². The fourth-order valence-corrected chi connectivity index (χ4v) is 3.10. The van der Waals surface area contributed by atoms with E-state index in [4.69, 9.17) is 17.3 Å². The third kappa shape index (κ3) is 4.86. The molecule has 1 fully saturated rings. The Kier molecular flexibility index (Phi) is 5.13. The Bertz CT molecular complexity index is 850. The molecule has 0 spiro atoms. The molecule has 4 N–H and O–H groups in total. The molecule has 0 radical (unpaired) electrons. The van der Waals surface area contributed by atoms with Crippen LogP contribution in [0.1, 0.15) is 37.4 Å². The van der Waals surface area contributed by atoms with Crippen LogP contribution in [0, 0.1) is 0 Å². The highest BCUT2D eigenvalue weighted by Gasteiger charge is 2.23. The largest absolute Gasteiger partial charge is 0.402 e. The molecule has 1 aromatic heterocycles. The third-order valence-corrected chi connectivity index (χ3v) is 4.56. The van der Waals surface area contributed by atoms with Gasteiger partial charge in [-0.2, -0.15) is 0 Å². The quantitative estimate of drug-likeness (QED) is 0.664. The fraction of sp³-hybridized carbons (Fsp3) is 0.368. The van der Waals surface area contributed by atoms with Crippen LogP contribution in [0.3, 0.4) is 0 Å². The number of amides is 1. The summed E-state index contributed by atoms with van der Waals surface area (Å²) in [6.45, 7) is 1.48. The standard InChI is InChI=1S/C19H22ClN3O2/c1-11(24)6-14(21)3-2-12-9-18-13(8-17(12)20)7-16(22-18)10-19(25)23-15-4-5-15/h6-9,15,22H,2-5,10,21H2,1H3,(H,23,25). The summed E-state index contributed by atoms with van der Waals surface area (Å²) in [5.74, 6) is -0.0138. The molecule has 1 aliphatic rings. The van der Waals surface area contributed by atoms with Crippen molar-refractivity contribution in [2.24, 2.45) is 5.73 Å². The Morgan fingerprint density at radius 2 is 2.12 bits per heavy atom. The number of benzene rings is 1. The van der Waals surface area contributed by atoms with E-state index in [2.05, 4.69) is 10.3 Å². The topological polar surface area (TPSA) is 88.0 Å². The summed E-state index contributed by atoms with van der Waals surface area (Å²) in [5, 5.41) is 4.63. The smallest absolute Gasteiger partial charge is 0.226 e. The molecule has 0 saturated heterocycles. The molecule has 0 aliphatic heterocycles. The summed E-state index contributed by atoms with van der Waals surface area (Å²) in [4.78, 5) is 26.3. The number of hydrogen-bond acceptors (Lipinski definition) is 3. The molecule has 0 atom stereocenters. The number of fused-ring (bicyclic) bond motifs is 1. The van der Waals surface area contributed by atoms with Gasteiger partial charge in [-0.25, -0.2) is 0 Å². The van der Waals surface area contributed by atoms with Gasteiger partial charge in [-0.3, -0.25) is 9.59 Å². The summed E-state index contributed by atoms with van der Waals surface area (Å²) in [6, 6.07) is 6.21. The van der Waals surface area contributed by atoms with Crippen molar-refractivity contribution in [3.8, 4) is 0 Å². The number of carbonyl (C=O) groups excluding carboxylic acids is 2. The van der Waals surface area contributed by atoms with Crippen molar-refractivity contribution >= 4 is 34.2 Å². The maximum absolute atomic E-state index is 11.9. The molecule has 6 heteroatoms. The van der Waals surface area contributed by atoms with Gasteiger partial charge in [0.05, 0.1) is 6.42 Å². The molecule has 0 bridgehead atoms. The van der Waals surface area contributed by atoms with Crippen molar-refractivity contribution in [2.75, 3.05) is 0 Å². The molecule has 3 rings (SSSR count). The van der Waals surface area contributed by atoms with Crippen LogP contribution < -0.4 is 11.1 Å². The van der Waals surface area contributed by atoms with Gasteiger partial charge in [0.1, 0.15) is 0 Å². The van der Waals surface area contributed by atoms with Gasteiger partial charge in [0, 0.05) is 33.4 Å². The summed E-state index contributed by atoms with van der Waals surface area (Å²) < 4.78 is 0. The van der Waals surface area contributed by atoms with Crippen molar-refractivity contribution in [3.05, 3.63) is 46.3 Å². The second kappa shape index (κ2) is 7.31. The highest BCUT2D eigenvalue weighted by molar-refractivity contribution is 6.32. The van der Waals surface area contributed by atoms with Crippen LogP contribution in [0.15, 0.2) is 30.0 Å². The van der Waals surface area contributed by atoms with E-state index in [9.17, 15) is 9.59 Å². The molecule has 1 saturated carbocycles. The first-order valence-corrected chi connectivity index (χ1v) is 8.84. The minimum Gasteiger partial charge on any atom is -0.402 e. The predicted molar refractivity (Wildman–Crippen MR) is 99.4 cm³/mol.